The number of hydrogen-bond donors (Lipinski definition) is 0. The number of carbonyl (C=O) groups is 1. The van der Waals surface area contributed by atoms with Gasteiger partial charge in [0.1, 0.15) is 5.75 Å². The maximum atomic E-state index is 12.6. The summed E-state index contributed by atoms with van der Waals surface area (Å²) in [6.45, 7) is 1.97. The molecule has 2 aromatic carbocycles. The van der Waals surface area contributed by atoms with Gasteiger partial charge in [0, 0.05) is 11.1 Å². The van der Waals surface area contributed by atoms with Gasteiger partial charge in [0.25, 0.3) is 0 Å². The molecule has 1 aliphatic carbocycles. The van der Waals surface area contributed by atoms with Crippen molar-refractivity contribution in [3.8, 4) is 5.75 Å². The number of hydrogen-bond acceptors (Lipinski definition) is 2. The SMILES string of the molecule is COc1cc(C(=O)c2ccc3c(c2)CCC3)ccc1C. The fourth-order valence-electron chi connectivity index (χ4n) is 2.84. The number of ketones is 1. The van der Waals surface area contributed by atoms with Crippen molar-refractivity contribution in [2.24, 2.45) is 0 Å². The Kier molecular flexibility index (Phi) is 3.31. The Morgan fingerprint density at radius 3 is 2.50 bits per heavy atom. The van der Waals surface area contributed by atoms with E-state index in [2.05, 4.69) is 12.1 Å². The number of methoxy groups -OCH3 is 1. The lowest BCUT2D eigenvalue weighted by molar-refractivity contribution is 0.103. The topological polar surface area (TPSA) is 26.3 Å². The second-order valence-corrected chi connectivity index (χ2v) is 5.35. The highest BCUT2D eigenvalue weighted by Gasteiger charge is 2.15. The molecule has 0 bridgehead atoms. The zero-order valence-corrected chi connectivity index (χ0v) is 11.9. The Balaban J connectivity index is 1.96. The zero-order chi connectivity index (χ0) is 14.1. The standard InChI is InChI=1S/C18H18O2/c1-12-6-7-16(11-17(12)20-2)18(19)15-9-8-13-4-3-5-14(13)10-15/h6-11H,3-5H2,1-2H3. The number of carbonyl (C=O) groups excluding carboxylic acids is 1. The van der Waals surface area contributed by atoms with Crippen LogP contribution in [-0.4, -0.2) is 12.9 Å². The minimum Gasteiger partial charge on any atom is -0.496 e. The summed E-state index contributed by atoms with van der Waals surface area (Å²) in [6.07, 6.45) is 3.43. The molecule has 3 rings (SSSR count). The smallest absolute Gasteiger partial charge is 0.193 e. The van der Waals surface area contributed by atoms with Gasteiger partial charge in [0.05, 0.1) is 7.11 Å². The van der Waals surface area contributed by atoms with E-state index in [0.29, 0.717) is 5.56 Å². The van der Waals surface area contributed by atoms with E-state index >= 15 is 0 Å². The van der Waals surface area contributed by atoms with Crippen molar-refractivity contribution in [2.75, 3.05) is 7.11 Å². The number of aryl methyl sites for hydroxylation is 3. The molecule has 0 spiro atoms. The lowest BCUT2D eigenvalue weighted by Crippen LogP contribution is -2.03. The number of benzene rings is 2. The van der Waals surface area contributed by atoms with Crippen LogP contribution in [0, 0.1) is 6.92 Å². The molecule has 0 radical (unpaired) electrons. The third-order valence-electron chi connectivity index (χ3n) is 4.03. The van der Waals surface area contributed by atoms with Crippen molar-refractivity contribution in [3.05, 3.63) is 64.2 Å². The third-order valence-corrected chi connectivity index (χ3v) is 4.03. The molecule has 0 atom stereocenters. The molecule has 102 valence electrons. The summed E-state index contributed by atoms with van der Waals surface area (Å²) in [5.74, 6) is 0.829. The Hall–Kier alpha value is -2.09. The minimum absolute atomic E-state index is 0.0676. The fraction of sp³-hybridized carbons (Fsp3) is 0.278. The van der Waals surface area contributed by atoms with Gasteiger partial charge in [-0.1, -0.05) is 24.3 Å². The molecule has 0 fully saturated rings. The van der Waals surface area contributed by atoms with Crippen LogP contribution in [0.15, 0.2) is 36.4 Å². The van der Waals surface area contributed by atoms with E-state index in [1.54, 1.807) is 7.11 Å². The van der Waals surface area contributed by atoms with Crippen molar-refractivity contribution >= 4 is 5.78 Å². The molecule has 0 amide bonds. The van der Waals surface area contributed by atoms with Gasteiger partial charge in [-0.25, -0.2) is 0 Å². The van der Waals surface area contributed by atoms with Crippen molar-refractivity contribution in [1.82, 2.24) is 0 Å². The first-order valence-electron chi connectivity index (χ1n) is 7.00. The minimum atomic E-state index is 0.0676. The van der Waals surface area contributed by atoms with Crippen molar-refractivity contribution in [3.63, 3.8) is 0 Å². The van der Waals surface area contributed by atoms with E-state index in [0.717, 1.165) is 29.7 Å². The van der Waals surface area contributed by atoms with Crippen LogP contribution in [0.4, 0.5) is 0 Å². The van der Waals surface area contributed by atoms with E-state index < -0.39 is 0 Å². The molecule has 0 aromatic heterocycles. The lowest BCUT2D eigenvalue weighted by atomic mass is 9.98. The van der Waals surface area contributed by atoms with E-state index in [-0.39, 0.29) is 5.78 Å². The van der Waals surface area contributed by atoms with Crippen LogP contribution in [0.1, 0.15) is 39.0 Å². The molecule has 0 aliphatic heterocycles. The molecule has 2 aromatic rings. The third kappa shape index (κ3) is 2.22. The van der Waals surface area contributed by atoms with Gasteiger partial charge in [-0.2, -0.15) is 0 Å². The molecule has 2 heteroatoms. The van der Waals surface area contributed by atoms with E-state index in [4.69, 9.17) is 4.74 Å². The average molecular weight is 266 g/mol. The van der Waals surface area contributed by atoms with Crippen LogP contribution < -0.4 is 4.74 Å². The Morgan fingerprint density at radius 1 is 1.00 bits per heavy atom. The molecule has 2 nitrogen and oxygen atoms in total. The predicted molar refractivity (Wildman–Crippen MR) is 79.6 cm³/mol. The molecule has 0 N–H and O–H groups in total. The highest BCUT2D eigenvalue weighted by molar-refractivity contribution is 6.09. The first kappa shape index (κ1) is 12.9. The van der Waals surface area contributed by atoms with Crippen LogP contribution in [0.3, 0.4) is 0 Å². The lowest BCUT2D eigenvalue weighted by Gasteiger charge is -2.08. The van der Waals surface area contributed by atoms with Gasteiger partial charge < -0.3 is 4.74 Å². The van der Waals surface area contributed by atoms with Gasteiger partial charge >= 0.3 is 0 Å². The van der Waals surface area contributed by atoms with E-state index in [1.807, 2.05) is 31.2 Å². The second kappa shape index (κ2) is 5.12. The molecular formula is C18H18O2. The molecule has 0 unspecified atom stereocenters. The van der Waals surface area contributed by atoms with Crippen LogP contribution in [-0.2, 0) is 12.8 Å². The Bertz CT molecular complexity index is 658. The van der Waals surface area contributed by atoms with Crippen LogP contribution in [0.25, 0.3) is 0 Å². The molecular weight excluding hydrogens is 248 g/mol. The number of rotatable bonds is 3. The van der Waals surface area contributed by atoms with Crippen LogP contribution >= 0.6 is 0 Å². The van der Waals surface area contributed by atoms with E-state index in [1.165, 1.54) is 17.5 Å². The van der Waals surface area contributed by atoms with Crippen molar-refractivity contribution < 1.29 is 9.53 Å². The Morgan fingerprint density at radius 2 is 1.70 bits per heavy atom. The summed E-state index contributed by atoms with van der Waals surface area (Å²) < 4.78 is 5.29. The molecule has 20 heavy (non-hydrogen) atoms. The fourth-order valence-corrected chi connectivity index (χ4v) is 2.84. The van der Waals surface area contributed by atoms with E-state index in [9.17, 15) is 4.79 Å². The normalized spacial score (nSPS) is 13.1. The maximum Gasteiger partial charge on any atom is 0.193 e. The maximum absolute atomic E-state index is 12.6. The molecule has 0 saturated carbocycles. The van der Waals surface area contributed by atoms with Gasteiger partial charge in [-0.05, 0) is 55.0 Å². The highest BCUT2D eigenvalue weighted by Crippen LogP contribution is 2.25. The van der Waals surface area contributed by atoms with Crippen molar-refractivity contribution in [1.29, 1.82) is 0 Å². The van der Waals surface area contributed by atoms with Gasteiger partial charge in [0.15, 0.2) is 5.78 Å². The molecule has 0 heterocycles. The quantitative estimate of drug-likeness (QED) is 0.791. The zero-order valence-electron chi connectivity index (χ0n) is 11.9. The molecule has 1 aliphatic rings. The highest BCUT2D eigenvalue weighted by atomic mass is 16.5. The van der Waals surface area contributed by atoms with Crippen LogP contribution in [0.5, 0.6) is 5.75 Å². The summed E-state index contributed by atoms with van der Waals surface area (Å²) in [6, 6.07) is 11.7. The van der Waals surface area contributed by atoms with Crippen LogP contribution in [0.2, 0.25) is 0 Å². The van der Waals surface area contributed by atoms with Crippen molar-refractivity contribution in [2.45, 2.75) is 26.2 Å². The predicted octanol–water partition coefficient (Wildman–Crippen LogP) is 3.72. The monoisotopic (exact) mass is 266 g/mol. The molecule has 0 saturated heterocycles. The second-order valence-electron chi connectivity index (χ2n) is 5.35. The largest absolute Gasteiger partial charge is 0.496 e. The summed E-state index contributed by atoms with van der Waals surface area (Å²) >= 11 is 0. The van der Waals surface area contributed by atoms with Gasteiger partial charge in [-0.15, -0.1) is 0 Å². The summed E-state index contributed by atoms with van der Waals surface area (Å²) in [4.78, 5) is 12.6. The summed E-state index contributed by atoms with van der Waals surface area (Å²) in [5, 5.41) is 0. The van der Waals surface area contributed by atoms with Gasteiger partial charge in [-0.3, -0.25) is 4.79 Å². The van der Waals surface area contributed by atoms with Gasteiger partial charge in [0.2, 0.25) is 0 Å². The first-order valence-corrected chi connectivity index (χ1v) is 7.00. The number of fused-ring (bicyclic) bond motifs is 1. The Labute approximate surface area is 119 Å². The summed E-state index contributed by atoms with van der Waals surface area (Å²) in [5.41, 5.74) is 5.22. The summed E-state index contributed by atoms with van der Waals surface area (Å²) in [7, 11) is 1.63. The number of ether oxygens (including phenoxy) is 1. The first-order chi connectivity index (χ1) is 9.69. The average Bonchev–Trinajstić information content (AvgIpc) is 2.94.